The minimum absolute atomic E-state index is 0.0924. The van der Waals surface area contributed by atoms with Crippen molar-refractivity contribution in [2.24, 2.45) is 0 Å². The van der Waals surface area contributed by atoms with E-state index in [0.29, 0.717) is 36.0 Å². The molecule has 5 heteroatoms. The summed E-state index contributed by atoms with van der Waals surface area (Å²) in [5.41, 5.74) is 1.41. The summed E-state index contributed by atoms with van der Waals surface area (Å²) in [6.45, 7) is 0.995. The lowest BCUT2D eigenvalue weighted by molar-refractivity contribution is 0.104. The Labute approximate surface area is 147 Å². The number of ether oxygens (including phenoxy) is 4. The van der Waals surface area contributed by atoms with E-state index in [0.717, 1.165) is 5.56 Å². The molecule has 2 rings (SSSR count). The number of rotatable bonds is 9. The second-order valence-corrected chi connectivity index (χ2v) is 5.21. The fraction of sp³-hybridized carbons (Fsp3) is 0.250. The average Bonchev–Trinajstić information content (AvgIpc) is 2.66. The fourth-order valence-corrected chi connectivity index (χ4v) is 2.15. The first-order chi connectivity index (χ1) is 12.2. The van der Waals surface area contributed by atoms with Gasteiger partial charge in [-0.15, -0.1) is 0 Å². The molecule has 0 spiro atoms. The van der Waals surface area contributed by atoms with Gasteiger partial charge >= 0.3 is 0 Å². The number of allylic oxidation sites excluding steroid dienone is 1. The van der Waals surface area contributed by atoms with Crippen LogP contribution in [0.15, 0.2) is 48.5 Å². The van der Waals surface area contributed by atoms with Gasteiger partial charge in [0.05, 0.1) is 20.8 Å². The van der Waals surface area contributed by atoms with Gasteiger partial charge in [0, 0.05) is 18.7 Å². The second-order valence-electron chi connectivity index (χ2n) is 5.21. The summed E-state index contributed by atoms with van der Waals surface area (Å²) >= 11 is 0. The second kappa shape index (κ2) is 9.49. The van der Waals surface area contributed by atoms with Crippen LogP contribution in [0, 0.1) is 0 Å². The monoisotopic (exact) mass is 342 g/mol. The van der Waals surface area contributed by atoms with Crippen molar-refractivity contribution < 1.29 is 23.7 Å². The Morgan fingerprint density at radius 2 is 1.52 bits per heavy atom. The van der Waals surface area contributed by atoms with E-state index < -0.39 is 0 Å². The van der Waals surface area contributed by atoms with E-state index >= 15 is 0 Å². The molecule has 0 unspecified atom stereocenters. The molecule has 0 aliphatic rings. The lowest BCUT2D eigenvalue weighted by atomic mass is 10.1. The molecule has 0 saturated carbocycles. The molecule has 0 atom stereocenters. The maximum atomic E-state index is 12.3. The first-order valence-electron chi connectivity index (χ1n) is 7.83. The van der Waals surface area contributed by atoms with Gasteiger partial charge < -0.3 is 18.9 Å². The summed E-state index contributed by atoms with van der Waals surface area (Å²) in [5.74, 6) is 1.95. The first kappa shape index (κ1) is 18.5. The smallest absolute Gasteiger partial charge is 0.185 e. The van der Waals surface area contributed by atoms with Crippen molar-refractivity contribution in [1.29, 1.82) is 0 Å². The highest BCUT2D eigenvalue weighted by Crippen LogP contribution is 2.23. The molecule has 0 amide bonds. The highest BCUT2D eigenvalue weighted by molar-refractivity contribution is 6.06. The third-order valence-corrected chi connectivity index (χ3v) is 3.50. The van der Waals surface area contributed by atoms with E-state index in [1.165, 1.54) is 6.08 Å². The van der Waals surface area contributed by atoms with Crippen molar-refractivity contribution >= 4 is 11.9 Å². The zero-order valence-electron chi connectivity index (χ0n) is 14.7. The molecule has 132 valence electrons. The summed E-state index contributed by atoms with van der Waals surface area (Å²) in [6.07, 6.45) is 3.26. The van der Waals surface area contributed by atoms with E-state index in [-0.39, 0.29) is 5.78 Å². The molecule has 0 aromatic heterocycles. The molecule has 2 aromatic carbocycles. The van der Waals surface area contributed by atoms with Gasteiger partial charge in [-0.2, -0.15) is 0 Å². The maximum absolute atomic E-state index is 12.3. The Morgan fingerprint density at radius 1 is 0.880 bits per heavy atom. The summed E-state index contributed by atoms with van der Waals surface area (Å²) in [7, 11) is 4.79. The van der Waals surface area contributed by atoms with Crippen molar-refractivity contribution in [3.63, 3.8) is 0 Å². The van der Waals surface area contributed by atoms with Crippen LogP contribution in [0.3, 0.4) is 0 Å². The standard InChI is InChI=1S/C20H22O5/c1-22-10-11-25-17-7-5-16(6-8-17)20(21)9-4-15-12-18(23-2)14-19(13-15)24-3/h4-9,12-14H,10-11H2,1-3H3/b9-4+. The lowest BCUT2D eigenvalue weighted by Crippen LogP contribution is -2.04. The molecule has 0 fully saturated rings. The normalized spacial score (nSPS) is 10.7. The zero-order valence-corrected chi connectivity index (χ0v) is 14.7. The zero-order chi connectivity index (χ0) is 18.1. The van der Waals surface area contributed by atoms with Crippen LogP contribution in [0.4, 0.5) is 0 Å². The van der Waals surface area contributed by atoms with E-state index in [1.807, 2.05) is 12.1 Å². The van der Waals surface area contributed by atoms with E-state index in [2.05, 4.69) is 0 Å². The van der Waals surface area contributed by atoms with Crippen LogP contribution in [0.1, 0.15) is 15.9 Å². The molecule has 0 bridgehead atoms. The van der Waals surface area contributed by atoms with Crippen molar-refractivity contribution in [2.45, 2.75) is 0 Å². The summed E-state index contributed by atoms with van der Waals surface area (Å²) in [4.78, 5) is 12.3. The third kappa shape index (κ3) is 5.65. The molecular weight excluding hydrogens is 320 g/mol. The topological polar surface area (TPSA) is 54.0 Å². The number of hydrogen-bond donors (Lipinski definition) is 0. The van der Waals surface area contributed by atoms with Gasteiger partial charge in [0.2, 0.25) is 0 Å². The molecule has 0 radical (unpaired) electrons. The van der Waals surface area contributed by atoms with E-state index in [4.69, 9.17) is 18.9 Å². The van der Waals surface area contributed by atoms with Crippen LogP contribution in [0.25, 0.3) is 6.08 Å². The molecule has 5 nitrogen and oxygen atoms in total. The fourth-order valence-electron chi connectivity index (χ4n) is 2.15. The number of carbonyl (C=O) groups excluding carboxylic acids is 1. The van der Waals surface area contributed by atoms with Crippen LogP contribution in [0.5, 0.6) is 17.2 Å². The summed E-state index contributed by atoms with van der Waals surface area (Å²) in [5, 5.41) is 0. The Bertz CT molecular complexity index is 697. The number of ketones is 1. The predicted molar refractivity (Wildman–Crippen MR) is 96.7 cm³/mol. The third-order valence-electron chi connectivity index (χ3n) is 3.50. The molecular formula is C20H22O5. The number of carbonyl (C=O) groups is 1. The summed E-state index contributed by atoms with van der Waals surface area (Å²) in [6, 6.07) is 12.5. The van der Waals surface area contributed by atoms with Crippen molar-refractivity contribution in [2.75, 3.05) is 34.5 Å². The minimum atomic E-state index is -0.0924. The molecule has 2 aromatic rings. The van der Waals surface area contributed by atoms with Gasteiger partial charge in [-0.25, -0.2) is 0 Å². The molecule has 0 heterocycles. The van der Waals surface area contributed by atoms with E-state index in [1.54, 1.807) is 57.7 Å². The molecule has 0 saturated heterocycles. The van der Waals surface area contributed by atoms with Crippen LogP contribution in [-0.4, -0.2) is 40.3 Å². The molecule has 0 aliphatic carbocycles. The quantitative estimate of drug-likeness (QED) is 0.396. The van der Waals surface area contributed by atoms with Crippen molar-refractivity contribution in [3.8, 4) is 17.2 Å². The Kier molecular flexibility index (Phi) is 7.04. The van der Waals surface area contributed by atoms with Crippen molar-refractivity contribution in [1.82, 2.24) is 0 Å². The predicted octanol–water partition coefficient (Wildman–Crippen LogP) is 3.63. The SMILES string of the molecule is COCCOc1ccc(C(=O)/C=C/c2cc(OC)cc(OC)c2)cc1. The molecule has 25 heavy (non-hydrogen) atoms. The van der Waals surface area contributed by atoms with Gasteiger partial charge in [0.1, 0.15) is 23.9 Å². The Hall–Kier alpha value is -2.79. The molecule has 0 N–H and O–H groups in total. The van der Waals surface area contributed by atoms with Crippen LogP contribution < -0.4 is 14.2 Å². The Morgan fingerprint density at radius 3 is 2.08 bits per heavy atom. The van der Waals surface area contributed by atoms with Gasteiger partial charge in [0.15, 0.2) is 5.78 Å². The largest absolute Gasteiger partial charge is 0.497 e. The van der Waals surface area contributed by atoms with E-state index in [9.17, 15) is 4.79 Å². The highest BCUT2D eigenvalue weighted by Gasteiger charge is 2.04. The first-order valence-corrected chi connectivity index (χ1v) is 7.83. The summed E-state index contributed by atoms with van der Waals surface area (Å²) < 4.78 is 20.8. The lowest BCUT2D eigenvalue weighted by Gasteiger charge is -2.06. The van der Waals surface area contributed by atoms with Crippen LogP contribution in [-0.2, 0) is 4.74 Å². The Balaban J connectivity index is 2.04. The van der Waals surface area contributed by atoms with Gasteiger partial charge in [-0.05, 0) is 48.0 Å². The van der Waals surface area contributed by atoms with Gasteiger partial charge in [0.25, 0.3) is 0 Å². The van der Waals surface area contributed by atoms with Crippen LogP contribution in [0.2, 0.25) is 0 Å². The minimum Gasteiger partial charge on any atom is -0.497 e. The number of hydrogen-bond acceptors (Lipinski definition) is 5. The maximum Gasteiger partial charge on any atom is 0.185 e. The van der Waals surface area contributed by atoms with Gasteiger partial charge in [-0.3, -0.25) is 4.79 Å². The van der Waals surface area contributed by atoms with Crippen molar-refractivity contribution in [3.05, 3.63) is 59.7 Å². The number of methoxy groups -OCH3 is 3. The number of benzene rings is 2. The van der Waals surface area contributed by atoms with Gasteiger partial charge in [-0.1, -0.05) is 6.08 Å². The average molecular weight is 342 g/mol. The highest BCUT2D eigenvalue weighted by atomic mass is 16.5. The van der Waals surface area contributed by atoms with Crippen LogP contribution >= 0.6 is 0 Å². The molecule has 0 aliphatic heterocycles.